The molecule has 0 saturated carbocycles. The molecule has 0 aliphatic rings. The van der Waals surface area contributed by atoms with E-state index in [0.29, 0.717) is 21.9 Å². The van der Waals surface area contributed by atoms with Gasteiger partial charge in [-0.25, -0.2) is 8.42 Å². The lowest BCUT2D eigenvalue weighted by Gasteiger charge is -2.04. The van der Waals surface area contributed by atoms with E-state index in [-0.39, 0.29) is 0 Å². The van der Waals surface area contributed by atoms with Crippen LogP contribution in [0.5, 0.6) is 0 Å². The van der Waals surface area contributed by atoms with Crippen LogP contribution in [0.1, 0.15) is 0 Å². The van der Waals surface area contributed by atoms with Gasteiger partial charge in [0.2, 0.25) is 0 Å². The number of alkyl halides is 3. The molecular formula is C8H4F3NO3S2. The number of sulfone groups is 1. The monoisotopic (exact) mass is 283 g/mol. The maximum atomic E-state index is 12.3. The summed E-state index contributed by atoms with van der Waals surface area (Å²) in [5, 5.41) is 3.50. The first-order chi connectivity index (χ1) is 7.82. The summed E-state index contributed by atoms with van der Waals surface area (Å²) in [6.45, 7) is 0. The van der Waals surface area contributed by atoms with Crippen LogP contribution in [0.2, 0.25) is 0 Å². The lowest BCUT2D eigenvalue weighted by Crippen LogP contribution is -2.22. The zero-order valence-electron chi connectivity index (χ0n) is 7.93. The highest BCUT2D eigenvalue weighted by atomic mass is 32.2. The quantitative estimate of drug-likeness (QED) is 0.850. The molecule has 0 bridgehead atoms. The van der Waals surface area contributed by atoms with Gasteiger partial charge in [0.25, 0.3) is 9.84 Å². The Labute approximate surface area is 97.6 Å². The van der Waals surface area contributed by atoms with Crippen LogP contribution in [-0.4, -0.2) is 19.1 Å². The smallest absolute Gasteiger partial charge is 0.364 e. The van der Waals surface area contributed by atoms with Gasteiger partial charge >= 0.3 is 5.51 Å². The lowest BCUT2D eigenvalue weighted by molar-refractivity contribution is -0.0434. The van der Waals surface area contributed by atoms with E-state index < -0.39 is 19.6 Å². The van der Waals surface area contributed by atoms with E-state index in [1.54, 1.807) is 0 Å². The third kappa shape index (κ3) is 2.07. The van der Waals surface area contributed by atoms with Crippen LogP contribution >= 0.6 is 11.3 Å². The second kappa shape index (κ2) is 3.84. The summed E-state index contributed by atoms with van der Waals surface area (Å²) in [4.78, 5) is 0.293. The van der Waals surface area contributed by atoms with Gasteiger partial charge in [-0.1, -0.05) is 5.16 Å². The minimum atomic E-state index is -5.29. The summed E-state index contributed by atoms with van der Waals surface area (Å²) in [5.41, 5.74) is -5.00. The van der Waals surface area contributed by atoms with E-state index in [1.807, 2.05) is 0 Å². The van der Waals surface area contributed by atoms with Crippen LogP contribution in [0, 0.1) is 0 Å². The zero-order valence-corrected chi connectivity index (χ0v) is 9.56. The van der Waals surface area contributed by atoms with Crippen LogP contribution < -0.4 is 0 Å². The summed E-state index contributed by atoms with van der Waals surface area (Å²) < 4.78 is 62.7. The maximum absolute atomic E-state index is 12.3. The standard InChI is InChI=1S/C8H4F3NO3S2/c9-8(10,11)17(13,14)7-2-1-6(16-7)5-3-4-15-12-5/h1-4H. The lowest BCUT2D eigenvalue weighted by atomic mass is 10.3. The molecular weight excluding hydrogens is 279 g/mol. The van der Waals surface area contributed by atoms with Crippen molar-refractivity contribution in [1.82, 2.24) is 5.16 Å². The second-order valence-corrected chi connectivity index (χ2v) is 6.20. The minimum absolute atomic E-state index is 0.290. The molecule has 0 aliphatic carbocycles. The molecule has 2 aromatic heterocycles. The summed E-state index contributed by atoms with van der Waals surface area (Å²) in [5.74, 6) is 0. The van der Waals surface area contributed by atoms with Crippen LogP contribution in [0.3, 0.4) is 0 Å². The van der Waals surface area contributed by atoms with Gasteiger partial charge in [-0.15, -0.1) is 11.3 Å². The molecule has 9 heteroatoms. The van der Waals surface area contributed by atoms with Gasteiger partial charge in [0.05, 0.1) is 4.88 Å². The third-order valence-corrected chi connectivity index (χ3v) is 4.93. The Bertz CT molecular complexity index is 613. The van der Waals surface area contributed by atoms with E-state index in [2.05, 4.69) is 9.68 Å². The predicted molar refractivity (Wildman–Crippen MR) is 53.1 cm³/mol. The van der Waals surface area contributed by atoms with Crippen molar-refractivity contribution in [3.63, 3.8) is 0 Å². The molecule has 0 saturated heterocycles. The first-order valence-corrected chi connectivity index (χ1v) is 6.44. The zero-order chi connectivity index (χ0) is 12.7. The van der Waals surface area contributed by atoms with Gasteiger partial charge in [-0.3, -0.25) is 0 Å². The molecule has 92 valence electrons. The van der Waals surface area contributed by atoms with Crippen molar-refractivity contribution < 1.29 is 26.1 Å². The number of halogens is 3. The Balaban J connectivity index is 2.45. The van der Waals surface area contributed by atoms with Crippen LogP contribution in [0.15, 0.2) is 33.2 Å². The van der Waals surface area contributed by atoms with Crippen molar-refractivity contribution in [1.29, 1.82) is 0 Å². The highest BCUT2D eigenvalue weighted by Gasteiger charge is 2.47. The Morgan fingerprint density at radius 3 is 2.47 bits per heavy atom. The highest BCUT2D eigenvalue weighted by molar-refractivity contribution is 7.94. The third-order valence-electron chi connectivity index (χ3n) is 1.84. The first-order valence-electron chi connectivity index (χ1n) is 4.14. The SMILES string of the molecule is O=S(=O)(c1ccc(-c2ccon2)s1)C(F)(F)F. The van der Waals surface area contributed by atoms with Gasteiger partial charge in [0.15, 0.2) is 0 Å². The van der Waals surface area contributed by atoms with E-state index in [9.17, 15) is 21.6 Å². The van der Waals surface area contributed by atoms with E-state index >= 15 is 0 Å². The number of hydrogen-bond donors (Lipinski definition) is 0. The molecule has 0 N–H and O–H groups in total. The average Bonchev–Trinajstić information content (AvgIpc) is 2.87. The Kier molecular flexibility index (Phi) is 2.74. The minimum Gasteiger partial charge on any atom is -0.364 e. The number of aromatic nitrogens is 1. The summed E-state index contributed by atoms with van der Waals surface area (Å²) in [6.07, 6.45) is 1.24. The molecule has 0 aliphatic heterocycles. The van der Waals surface area contributed by atoms with Gasteiger partial charge in [-0.2, -0.15) is 13.2 Å². The molecule has 0 spiro atoms. The fraction of sp³-hybridized carbons (Fsp3) is 0.125. The summed E-state index contributed by atoms with van der Waals surface area (Å²) >= 11 is 0.494. The molecule has 2 rings (SSSR count). The van der Waals surface area contributed by atoms with E-state index in [1.165, 1.54) is 18.4 Å². The van der Waals surface area contributed by atoms with Gasteiger partial charge < -0.3 is 4.52 Å². The van der Waals surface area contributed by atoms with E-state index in [0.717, 1.165) is 6.07 Å². The molecule has 0 fully saturated rings. The highest BCUT2D eigenvalue weighted by Crippen LogP contribution is 2.36. The molecule has 2 heterocycles. The van der Waals surface area contributed by atoms with Crippen molar-refractivity contribution in [3.05, 3.63) is 24.5 Å². The Morgan fingerprint density at radius 1 is 1.24 bits per heavy atom. The van der Waals surface area contributed by atoms with Crippen molar-refractivity contribution >= 4 is 21.2 Å². The maximum Gasteiger partial charge on any atom is 0.502 e. The Morgan fingerprint density at radius 2 is 1.94 bits per heavy atom. The molecule has 0 unspecified atom stereocenters. The van der Waals surface area contributed by atoms with Gasteiger partial charge in [0.1, 0.15) is 16.2 Å². The van der Waals surface area contributed by atoms with Crippen molar-refractivity contribution in [2.75, 3.05) is 0 Å². The summed E-state index contributed by atoms with van der Waals surface area (Å²) in [7, 11) is -5.29. The van der Waals surface area contributed by atoms with Crippen molar-refractivity contribution in [2.24, 2.45) is 0 Å². The normalized spacial score (nSPS) is 12.9. The number of rotatable bonds is 2. The predicted octanol–water partition coefficient (Wildman–Crippen LogP) is 2.70. The number of hydrogen-bond acceptors (Lipinski definition) is 5. The van der Waals surface area contributed by atoms with Crippen LogP contribution in [0.4, 0.5) is 13.2 Å². The fourth-order valence-electron chi connectivity index (χ4n) is 1.06. The molecule has 0 atom stereocenters. The van der Waals surface area contributed by atoms with Crippen LogP contribution in [-0.2, 0) is 9.84 Å². The molecule has 4 nitrogen and oxygen atoms in total. The molecule has 2 aromatic rings. The molecule has 0 aromatic carbocycles. The van der Waals surface area contributed by atoms with Gasteiger partial charge in [-0.05, 0) is 12.1 Å². The molecule has 0 amide bonds. The topological polar surface area (TPSA) is 60.2 Å². The summed E-state index contributed by atoms with van der Waals surface area (Å²) in [6, 6.07) is 3.58. The van der Waals surface area contributed by atoms with Gasteiger partial charge in [0, 0.05) is 6.07 Å². The second-order valence-electron chi connectivity index (χ2n) is 2.95. The van der Waals surface area contributed by atoms with E-state index in [4.69, 9.17) is 0 Å². The largest absolute Gasteiger partial charge is 0.502 e. The molecule has 0 radical (unpaired) electrons. The Hall–Kier alpha value is -1.35. The van der Waals surface area contributed by atoms with Crippen molar-refractivity contribution in [2.45, 2.75) is 9.72 Å². The number of nitrogens with zero attached hydrogens (tertiary/aromatic N) is 1. The molecule has 17 heavy (non-hydrogen) atoms. The van der Waals surface area contributed by atoms with Crippen molar-refractivity contribution in [3.8, 4) is 10.6 Å². The average molecular weight is 283 g/mol. The fourth-order valence-corrected chi connectivity index (χ4v) is 3.22. The number of thiophene rings is 1. The van der Waals surface area contributed by atoms with Crippen LogP contribution in [0.25, 0.3) is 10.6 Å². The first kappa shape index (κ1) is 12.1.